The number of benzene rings is 1. The van der Waals surface area contributed by atoms with Gasteiger partial charge in [0, 0.05) is 5.02 Å². The van der Waals surface area contributed by atoms with Gasteiger partial charge in [0.25, 0.3) is 0 Å². The molecule has 1 aromatic rings. The summed E-state index contributed by atoms with van der Waals surface area (Å²) in [5, 5.41) is 18.7. The lowest BCUT2D eigenvalue weighted by Crippen LogP contribution is -2.24. The third kappa shape index (κ3) is 4.19. The zero-order valence-corrected chi connectivity index (χ0v) is 13.0. The van der Waals surface area contributed by atoms with Crippen molar-refractivity contribution in [3.05, 3.63) is 28.3 Å². The Morgan fingerprint density at radius 2 is 1.90 bits per heavy atom. The molecule has 0 heterocycles. The maximum Gasteiger partial charge on any atom is 0.336 e. The van der Waals surface area contributed by atoms with E-state index in [9.17, 15) is 18.3 Å². The highest BCUT2D eigenvalue weighted by atomic mass is 35.5. The quantitative estimate of drug-likeness (QED) is 0.868. The average molecular weight is 321 g/mol. The Labute approximate surface area is 123 Å². The van der Waals surface area contributed by atoms with Gasteiger partial charge in [0.15, 0.2) is 9.84 Å². The molecule has 0 aliphatic carbocycles. The topological polar surface area (TPSA) is 91.7 Å². The third-order valence-electron chi connectivity index (χ3n) is 2.87. The molecule has 2 N–H and O–H groups in total. The summed E-state index contributed by atoms with van der Waals surface area (Å²) in [4.78, 5) is 11.0. The van der Waals surface area contributed by atoms with Crippen molar-refractivity contribution in [2.45, 2.75) is 37.7 Å². The van der Waals surface area contributed by atoms with E-state index in [1.165, 1.54) is 32.9 Å². The molecule has 1 rings (SSSR count). The second kappa shape index (κ2) is 5.71. The van der Waals surface area contributed by atoms with Gasteiger partial charge in [-0.2, -0.15) is 0 Å². The van der Waals surface area contributed by atoms with Gasteiger partial charge in [-0.25, -0.2) is 13.2 Å². The van der Waals surface area contributed by atoms with E-state index >= 15 is 0 Å². The predicted molar refractivity (Wildman–Crippen MR) is 76.1 cm³/mol. The molecular weight excluding hydrogens is 304 g/mol. The number of aliphatic hydroxyl groups is 1. The highest BCUT2D eigenvalue weighted by Crippen LogP contribution is 2.26. The number of aromatic carboxylic acids is 1. The first-order chi connectivity index (χ1) is 8.94. The second-order valence-electron chi connectivity index (χ2n) is 5.26. The van der Waals surface area contributed by atoms with Crippen LogP contribution in [0.3, 0.4) is 0 Å². The van der Waals surface area contributed by atoms with Crippen molar-refractivity contribution in [2.24, 2.45) is 0 Å². The minimum Gasteiger partial charge on any atom is -0.478 e. The predicted octanol–water partition coefficient (Wildman–Crippen LogP) is 2.28. The number of carbonyl (C=O) groups is 1. The second-order valence-corrected chi connectivity index (χ2v) is 7.78. The lowest BCUT2D eigenvalue weighted by molar-refractivity contribution is 0.0694. The number of rotatable bonds is 5. The highest BCUT2D eigenvalue weighted by Gasteiger charge is 2.25. The van der Waals surface area contributed by atoms with E-state index in [2.05, 4.69) is 0 Å². The van der Waals surface area contributed by atoms with Crippen LogP contribution in [-0.2, 0) is 9.84 Å². The number of hydrogen-bond donors (Lipinski definition) is 2. The summed E-state index contributed by atoms with van der Waals surface area (Å²) in [5.74, 6) is -1.51. The van der Waals surface area contributed by atoms with E-state index in [-0.39, 0.29) is 33.2 Å². The van der Waals surface area contributed by atoms with Crippen LogP contribution in [0, 0.1) is 6.92 Å². The number of sulfone groups is 1. The van der Waals surface area contributed by atoms with Crippen LogP contribution in [-0.4, -0.2) is 36.0 Å². The van der Waals surface area contributed by atoms with Crippen molar-refractivity contribution in [3.63, 3.8) is 0 Å². The molecule has 0 atom stereocenters. The average Bonchev–Trinajstić information content (AvgIpc) is 2.28. The summed E-state index contributed by atoms with van der Waals surface area (Å²) in [6, 6.07) is 2.46. The zero-order chi connectivity index (χ0) is 15.7. The molecule has 20 heavy (non-hydrogen) atoms. The molecule has 0 aromatic heterocycles. The van der Waals surface area contributed by atoms with Gasteiger partial charge in [-0.15, -0.1) is 0 Å². The number of halogens is 1. The van der Waals surface area contributed by atoms with Gasteiger partial charge in [0.05, 0.1) is 21.8 Å². The van der Waals surface area contributed by atoms with Gasteiger partial charge in [0.1, 0.15) is 0 Å². The van der Waals surface area contributed by atoms with E-state index in [1.807, 2.05) is 0 Å². The number of hydrogen-bond acceptors (Lipinski definition) is 4. The van der Waals surface area contributed by atoms with E-state index in [0.717, 1.165) is 0 Å². The Kier molecular flexibility index (Phi) is 4.84. The molecule has 5 nitrogen and oxygen atoms in total. The molecule has 0 unspecified atom stereocenters. The van der Waals surface area contributed by atoms with E-state index in [4.69, 9.17) is 16.7 Å². The van der Waals surface area contributed by atoms with Crippen LogP contribution >= 0.6 is 11.6 Å². The van der Waals surface area contributed by atoms with Crippen LogP contribution in [0.2, 0.25) is 5.02 Å². The molecule has 7 heteroatoms. The van der Waals surface area contributed by atoms with E-state index in [1.54, 1.807) is 0 Å². The SMILES string of the molecule is Cc1c(C(=O)O)cc(Cl)cc1S(=O)(=O)CCC(C)(C)O. The minimum absolute atomic E-state index is 0.0453. The largest absolute Gasteiger partial charge is 0.478 e. The Hall–Kier alpha value is -1.11. The van der Waals surface area contributed by atoms with Gasteiger partial charge in [-0.05, 0) is 44.9 Å². The van der Waals surface area contributed by atoms with Crippen molar-refractivity contribution in [3.8, 4) is 0 Å². The Balaban J connectivity index is 3.29. The lowest BCUT2D eigenvalue weighted by Gasteiger charge is -2.17. The first-order valence-electron chi connectivity index (χ1n) is 5.92. The maximum atomic E-state index is 12.3. The molecule has 0 saturated carbocycles. The third-order valence-corrected chi connectivity index (χ3v) is 4.93. The molecule has 0 fully saturated rings. The van der Waals surface area contributed by atoms with Crippen LogP contribution in [0.25, 0.3) is 0 Å². The fourth-order valence-corrected chi connectivity index (χ4v) is 3.85. The smallest absolute Gasteiger partial charge is 0.336 e. The Morgan fingerprint density at radius 1 is 1.35 bits per heavy atom. The Bertz CT molecular complexity index is 629. The van der Waals surface area contributed by atoms with Crippen molar-refractivity contribution < 1.29 is 23.4 Å². The fraction of sp³-hybridized carbons (Fsp3) is 0.462. The summed E-state index contributed by atoms with van der Waals surface area (Å²) >= 11 is 5.79. The lowest BCUT2D eigenvalue weighted by atomic mass is 10.1. The normalized spacial score (nSPS) is 12.4. The first kappa shape index (κ1) is 16.9. The van der Waals surface area contributed by atoms with Crippen molar-refractivity contribution >= 4 is 27.4 Å². The van der Waals surface area contributed by atoms with Gasteiger partial charge in [0.2, 0.25) is 0 Å². The molecule has 112 valence electrons. The molecule has 1 aromatic carbocycles. The molecule has 0 bridgehead atoms. The molecule has 0 radical (unpaired) electrons. The van der Waals surface area contributed by atoms with Crippen LogP contribution in [0.5, 0.6) is 0 Å². The maximum absolute atomic E-state index is 12.3. The minimum atomic E-state index is -3.71. The monoisotopic (exact) mass is 320 g/mol. The van der Waals surface area contributed by atoms with Gasteiger partial charge in [-0.3, -0.25) is 0 Å². The summed E-state index contributed by atoms with van der Waals surface area (Å²) in [6.07, 6.45) is 0.0453. The van der Waals surface area contributed by atoms with E-state index in [0.29, 0.717) is 0 Å². The summed E-state index contributed by atoms with van der Waals surface area (Å²) in [7, 11) is -3.71. The van der Waals surface area contributed by atoms with Crippen LogP contribution < -0.4 is 0 Å². The summed E-state index contributed by atoms with van der Waals surface area (Å²) in [5.41, 5.74) is -1.10. The first-order valence-corrected chi connectivity index (χ1v) is 7.95. The fourth-order valence-electron chi connectivity index (χ4n) is 1.69. The van der Waals surface area contributed by atoms with Crippen molar-refractivity contribution in [1.82, 2.24) is 0 Å². The number of carboxylic acid groups (broad SMARTS) is 1. The van der Waals surface area contributed by atoms with Crippen LogP contribution in [0.4, 0.5) is 0 Å². The van der Waals surface area contributed by atoms with Crippen LogP contribution in [0.1, 0.15) is 36.2 Å². The van der Waals surface area contributed by atoms with Gasteiger partial charge < -0.3 is 10.2 Å². The molecule has 0 saturated heterocycles. The van der Waals surface area contributed by atoms with Gasteiger partial charge >= 0.3 is 5.97 Å². The highest BCUT2D eigenvalue weighted by molar-refractivity contribution is 7.91. The van der Waals surface area contributed by atoms with Crippen molar-refractivity contribution in [2.75, 3.05) is 5.75 Å². The zero-order valence-electron chi connectivity index (χ0n) is 11.5. The molecule has 0 amide bonds. The van der Waals surface area contributed by atoms with Crippen LogP contribution in [0.15, 0.2) is 17.0 Å². The van der Waals surface area contributed by atoms with E-state index < -0.39 is 21.4 Å². The molecule has 0 aliphatic rings. The number of carboxylic acids is 1. The molecule has 0 spiro atoms. The van der Waals surface area contributed by atoms with Gasteiger partial charge in [-0.1, -0.05) is 11.6 Å². The standard InChI is InChI=1S/C13H17ClO5S/c1-8-10(12(15)16)6-9(14)7-11(8)20(18,19)5-4-13(2,3)17/h6-7,17H,4-5H2,1-3H3,(H,15,16). The molecular formula is C13H17ClO5S. The Morgan fingerprint density at radius 3 is 2.35 bits per heavy atom. The molecule has 0 aliphatic heterocycles. The summed E-state index contributed by atoms with van der Waals surface area (Å²) < 4.78 is 24.5. The van der Waals surface area contributed by atoms with Crippen molar-refractivity contribution in [1.29, 1.82) is 0 Å². The summed E-state index contributed by atoms with van der Waals surface area (Å²) in [6.45, 7) is 4.45.